The number of hydrogen-bond donors (Lipinski definition) is 2. The molecule has 4 N–H and O–H groups in total. The Kier molecular flexibility index (Phi) is 11.5. The average Bonchev–Trinajstić information content (AvgIpc) is 3.78. The number of rotatable bonds is 6. The molecule has 2 spiro atoms. The van der Waals surface area contributed by atoms with Crippen LogP contribution in [0.3, 0.4) is 0 Å². The van der Waals surface area contributed by atoms with Gasteiger partial charge in [0.25, 0.3) is 0 Å². The minimum Gasteiger partial charge on any atom is -0.330 e. The molecule has 4 aromatic carbocycles. The van der Waals surface area contributed by atoms with Crippen LogP contribution in [0.15, 0.2) is 95.1 Å². The van der Waals surface area contributed by atoms with Crippen molar-refractivity contribution in [3.05, 3.63) is 142 Å². The molecule has 56 heavy (non-hydrogen) atoms. The van der Waals surface area contributed by atoms with Crippen molar-refractivity contribution >= 4 is 45.4 Å². The summed E-state index contributed by atoms with van der Waals surface area (Å²) in [7, 11) is 0. The van der Waals surface area contributed by atoms with Crippen LogP contribution < -0.4 is 11.5 Å². The second kappa shape index (κ2) is 16.2. The second-order valence-electron chi connectivity index (χ2n) is 14.3. The fourth-order valence-electron chi connectivity index (χ4n) is 8.50. The number of amides is 2. The van der Waals surface area contributed by atoms with E-state index in [0.29, 0.717) is 36.0 Å². The van der Waals surface area contributed by atoms with Crippen LogP contribution in [-0.2, 0) is 32.2 Å². The molecule has 2 heterocycles. The van der Waals surface area contributed by atoms with Gasteiger partial charge in [-0.05, 0) is 122 Å². The van der Waals surface area contributed by atoms with Gasteiger partial charge in [0.05, 0.1) is 0 Å². The molecule has 0 bridgehead atoms. The van der Waals surface area contributed by atoms with Crippen molar-refractivity contribution in [2.24, 2.45) is 33.5 Å². The normalized spacial score (nSPS) is 23.6. The lowest BCUT2D eigenvalue weighted by Gasteiger charge is -2.45. The molecule has 0 fully saturated rings. The van der Waals surface area contributed by atoms with Gasteiger partial charge in [0, 0.05) is 25.0 Å². The van der Waals surface area contributed by atoms with Gasteiger partial charge in [-0.25, -0.2) is 27.6 Å². The fraction of sp³-hybridized carbons (Fsp3) is 0.333. The van der Waals surface area contributed by atoms with Crippen LogP contribution >= 0.6 is 23.5 Å². The Labute approximate surface area is 331 Å². The maximum absolute atomic E-state index is 14.5. The van der Waals surface area contributed by atoms with Crippen molar-refractivity contribution in [2.75, 3.05) is 13.1 Å². The predicted octanol–water partition coefficient (Wildman–Crippen LogP) is 7.97. The third-order valence-corrected chi connectivity index (χ3v) is 14.0. The van der Waals surface area contributed by atoms with E-state index in [-0.39, 0.29) is 34.8 Å². The topological polar surface area (TPSA) is 117 Å². The van der Waals surface area contributed by atoms with Crippen molar-refractivity contribution < 1.29 is 27.2 Å². The number of nitrogens with zero attached hydrogens (tertiary/aromatic N) is 4. The van der Waals surface area contributed by atoms with Crippen LogP contribution in [0.2, 0.25) is 0 Å². The highest BCUT2D eigenvalue weighted by atomic mass is 32.2. The van der Waals surface area contributed by atoms with Gasteiger partial charge in [0.1, 0.15) is 43.1 Å². The molecular formula is C42H42F4N6O2S2. The Morgan fingerprint density at radius 1 is 0.661 bits per heavy atom. The number of benzene rings is 4. The van der Waals surface area contributed by atoms with Gasteiger partial charge in [-0.1, -0.05) is 72.1 Å². The molecule has 8 rings (SSSR count). The molecule has 14 heteroatoms. The van der Waals surface area contributed by atoms with Crippen molar-refractivity contribution in [3.63, 3.8) is 0 Å². The second-order valence-corrected chi connectivity index (χ2v) is 16.7. The Morgan fingerprint density at radius 2 is 1.05 bits per heavy atom. The molecule has 2 amide bonds. The smallest absolute Gasteiger partial charge is 0.241 e. The van der Waals surface area contributed by atoms with Crippen molar-refractivity contribution in [2.45, 2.75) is 62.1 Å². The first kappa shape index (κ1) is 39.7. The quantitative estimate of drug-likeness (QED) is 0.191. The van der Waals surface area contributed by atoms with E-state index in [0.717, 1.165) is 84.3 Å². The van der Waals surface area contributed by atoms with Gasteiger partial charge in [-0.15, -0.1) is 0 Å². The first-order chi connectivity index (χ1) is 26.9. The maximum atomic E-state index is 14.5. The van der Waals surface area contributed by atoms with E-state index in [1.54, 1.807) is 0 Å². The summed E-state index contributed by atoms with van der Waals surface area (Å²) in [6.07, 6.45) is 4.88. The molecule has 8 nitrogen and oxygen atoms in total. The molecule has 4 aromatic rings. The van der Waals surface area contributed by atoms with Crippen LogP contribution in [0.5, 0.6) is 0 Å². The molecule has 2 aliphatic carbocycles. The van der Waals surface area contributed by atoms with Crippen LogP contribution in [-0.4, -0.2) is 45.0 Å². The van der Waals surface area contributed by atoms with Crippen molar-refractivity contribution in [3.8, 4) is 0 Å². The molecule has 0 saturated heterocycles. The highest BCUT2D eigenvalue weighted by Gasteiger charge is 2.56. The number of carbonyl (C=O) groups excluding carboxylic acids is 2. The largest absolute Gasteiger partial charge is 0.330 e. The molecule has 292 valence electrons. The summed E-state index contributed by atoms with van der Waals surface area (Å²) in [5.74, 6) is -2.58. The Bertz CT molecular complexity index is 2080. The van der Waals surface area contributed by atoms with Gasteiger partial charge in [0.2, 0.25) is 11.8 Å². The Hall–Kier alpha value is -4.50. The third-order valence-electron chi connectivity index (χ3n) is 10.9. The zero-order valence-corrected chi connectivity index (χ0v) is 32.6. The number of nitrogens with two attached hydrogens (primary N) is 2. The van der Waals surface area contributed by atoms with E-state index in [9.17, 15) is 27.2 Å². The molecule has 0 radical (unpaired) electrons. The molecule has 0 aromatic heterocycles. The Morgan fingerprint density at radius 3 is 1.43 bits per heavy atom. The summed E-state index contributed by atoms with van der Waals surface area (Å²) in [5.41, 5.74) is 16.2. The number of hydrogen-bond acceptors (Lipinski definition) is 8. The number of thioether (sulfide) groups is 2. The average molecular weight is 803 g/mol. The van der Waals surface area contributed by atoms with Crippen LogP contribution in [0.1, 0.15) is 72.9 Å². The summed E-state index contributed by atoms with van der Waals surface area (Å²) >= 11 is 2.66. The van der Waals surface area contributed by atoms with Gasteiger partial charge in [-0.3, -0.25) is 9.59 Å². The molecule has 4 atom stereocenters. The SMILES string of the molecule is CC(=O)N1N=C(c2cc(F)ccc2F)S[C@@]12c1ccccc1CC[C@@H]2CCN.CC(=O)N1N=C(c2cc(F)ccc2F)S[C@@]12c1ccccc1CC[C@H]2CCN. The van der Waals surface area contributed by atoms with E-state index in [1.165, 1.54) is 47.4 Å². The predicted molar refractivity (Wildman–Crippen MR) is 213 cm³/mol. The monoisotopic (exact) mass is 802 g/mol. The van der Waals surface area contributed by atoms with Gasteiger partial charge in [0.15, 0.2) is 0 Å². The van der Waals surface area contributed by atoms with E-state index in [2.05, 4.69) is 22.3 Å². The van der Waals surface area contributed by atoms with E-state index < -0.39 is 33.0 Å². The highest BCUT2D eigenvalue weighted by molar-refractivity contribution is 8.15. The summed E-state index contributed by atoms with van der Waals surface area (Å²) in [6.45, 7) is 3.86. The molecule has 0 saturated carbocycles. The molecule has 2 aliphatic heterocycles. The summed E-state index contributed by atoms with van der Waals surface area (Å²) in [6, 6.07) is 22.5. The summed E-state index contributed by atoms with van der Waals surface area (Å²) in [4.78, 5) is 23.6. The minimum atomic E-state index is -0.797. The summed E-state index contributed by atoms with van der Waals surface area (Å²) in [5, 5.41) is 12.5. The van der Waals surface area contributed by atoms with E-state index in [4.69, 9.17) is 11.5 Å². The summed E-state index contributed by atoms with van der Waals surface area (Å²) < 4.78 is 56.5. The lowest BCUT2D eigenvalue weighted by atomic mass is 9.77. The van der Waals surface area contributed by atoms with Crippen LogP contribution in [0, 0.1) is 35.1 Å². The first-order valence-corrected chi connectivity index (χ1v) is 20.2. The lowest BCUT2D eigenvalue weighted by Crippen LogP contribution is -2.49. The minimum absolute atomic E-state index is 0.0548. The van der Waals surface area contributed by atoms with Gasteiger partial charge < -0.3 is 11.5 Å². The fourth-order valence-corrected chi connectivity index (χ4v) is 11.8. The van der Waals surface area contributed by atoms with Crippen LogP contribution in [0.25, 0.3) is 0 Å². The number of hydrazone groups is 2. The Balaban J connectivity index is 0.000000172. The zero-order valence-electron chi connectivity index (χ0n) is 31.0. The van der Waals surface area contributed by atoms with Crippen molar-refractivity contribution in [1.82, 2.24) is 10.0 Å². The number of carbonyl (C=O) groups is 2. The molecular weight excluding hydrogens is 761 g/mol. The van der Waals surface area contributed by atoms with Gasteiger partial charge in [-0.2, -0.15) is 10.2 Å². The maximum Gasteiger partial charge on any atom is 0.241 e. The van der Waals surface area contributed by atoms with Crippen LogP contribution in [0.4, 0.5) is 17.6 Å². The van der Waals surface area contributed by atoms with E-state index >= 15 is 0 Å². The number of halogens is 4. The first-order valence-electron chi connectivity index (χ1n) is 18.6. The number of fused-ring (bicyclic) bond motifs is 4. The third kappa shape index (κ3) is 6.94. The number of aryl methyl sites for hydroxylation is 2. The van der Waals surface area contributed by atoms with E-state index in [1.807, 2.05) is 36.4 Å². The van der Waals surface area contributed by atoms with Gasteiger partial charge >= 0.3 is 0 Å². The standard InChI is InChI=1S/2C21H21F2N3OS/c2*1-13(27)26-21(28-20(25-26)17-12-16(22)8-9-19(17)23)15(10-11-24)7-6-14-4-2-3-5-18(14)21/h2*2-5,8-9,12,15H,6-7,10-11,24H2,1H3/t15-,21+;15-,21-/m10/s1. The molecule has 0 unspecified atom stereocenters. The highest BCUT2D eigenvalue weighted by Crippen LogP contribution is 2.59. The lowest BCUT2D eigenvalue weighted by molar-refractivity contribution is -0.135. The van der Waals surface area contributed by atoms with Crippen molar-refractivity contribution in [1.29, 1.82) is 0 Å². The molecule has 4 aliphatic rings. The zero-order chi connectivity index (χ0) is 39.8.